The first-order valence-corrected chi connectivity index (χ1v) is 4.53. The fourth-order valence-corrected chi connectivity index (χ4v) is 1.01. The Labute approximate surface area is 85.4 Å². The number of rotatable bonds is 6. The molecule has 0 radical (unpaired) electrons. The molecule has 0 saturated heterocycles. The Balaban J connectivity index is 3.83. The minimum atomic E-state index is -0.313. The summed E-state index contributed by atoms with van der Waals surface area (Å²) < 4.78 is 9.96. The van der Waals surface area contributed by atoms with Gasteiger partial charge in [0.25, 0.3) is 0 Å². The van der Waals surface area contributed by atoms with E-state index in [1.54, 1.807) is 33.2 Å². The predicted octanol–water partition coefficient (Wildman–Crippen LogP) is -0.328. The van der Waals surface area contributed by atoms with Crippen LogP contribution in [-0.2, 0) is 14.3 Å². The van der Waals surface area contributed by atoms with Crippen molar-refractivity contribution in [2.75, 3.05) is 34.9 Å². The summed E-state index contributed by atoms with van der Waals surface area (Å²) in [5.74, 6) is 0.0379. The third-order valence-electron chi connectivity index (χ3n) is 1.93. The van der Waals surface area contributed by atoms with Crippen LogP contribution in [0.25, 0.3) is 0 Å². The van der Waals surface area contributed by atoms with E-state index in [1.807, 2.05) is 6.92 Å². The molecule has 1 unspecified atom stereocenters. The maximum atomic E-state index is 11.4. The highest BCUT2D eigenvalue weighted by molar-refractivity contribution is 5.80. The van der Waals surface area contributed by atoms with Gasteiger partial charge in [-0.2, -0.15) is 0 Å². The largest absolute Gasteiger partial charge is 0.355 e. The second-order valence-corrected chi connectivity index (χ2v) is 3.26. The van der Waals surface area contributed by atoms with Gasteiger partial charge < -0.3 is 19.7 Å². The smallest absolute Gasteiger partial charge is 0.238 e. The Bertz CT molecular complexity index is 169. The maximum absolute atomic E-state index is 11.4. The van der Waals surface area contributed by atoms with E-state index in [0.717, 1.165) is 0 Å². The van der Waals surface area contributed by atoms with Crippen molar-refractivity contribution >= 4 is 5.91 Å². The molecule has 0 aliphatic rings. The maximum Gasteiger partial charge on any atom is 0.238 e. The lowest BCUT2D eigenvalue weighted by molar-refractivity contribution is -0.131. The summed E-state index contributed by atoms with van der Waals surface area (Å²) in [6.45, 7) is 2.30. The zero-order valence-electron chi connectivity index (χ0n) is 9.53. The number of carbonyl (C=O) groups excluding carboxylic acids is 1. The van der Waals surface area contributed by atoms with Gasteiger partial charge in [-0.15, -0.1) is 0 Å². The molecule has 0 aliphatic heterocycles. The lowest BCUT2D eigenvalue weighted by atomic mass is 10.3. The normalized spacial score (nSPS) is 13.0. The number of likely N-dealkylation sites (N-methyl/N-ethyl adjacent to an activating group) is 1. The first-order chi connectivity index (χ1) is 6.52. The number of nitrogens with one attached hydrogen (secondary N) is 1. The SMILES string of the molecule is COC(CNC(C)C(=O)N(C)C)OC. The topological polar surface area (TPSA) is 50.8 Å². The van der Waals surface area contributed by atoms with Crippen molar-refractivity contribution in [2.45, 2.75) is 19.3 Å². The Morgan fingerprint density at radius 2 is 1.86 bits per heavy atom. The van der Waals surface area contributed by atoms with Crippen LogP contribution in [0.4, 0.5) is 0 Å². The van der Waals surface area contributed by atoms with Gasteiger partial charge >= 0.3 is 0 Å². The van der Waals surface area contributed by atoms with E-state index in [4.69, 9.17) is 9.47 Å². The van der Waals surface area contributed by atoms with Crippen molar-refractivity contribution in [2.24, 2.45) is 0 Å². The molecule has 0 rings (SSSR count). The highest BCUT2D eigenvalue weighted by Crippen LogP contribution is 1.92. The number of carbonyl (C=O) groups is 1. The van der Waals surface area contributed by atoms with E-state index in [0.29, 0.717) is 6.54 Å². The molecule has 84 valence electrons. The quantitative estimate of drug-likeness (QED) is 0.602. The van der Waals surface area contributed by atoms with Gasteiger partial charge in [0.1, 0.15) is 0 Å². The van der Waals surface area contributed by atoms with Crippen molar-refractivity contribution in [3.05, 3.63) is 0 Å². The molecule has 0 heterocycles. The molecular formula is C9H20N2O3. The Hall–Kier alpha value is -0.650. The molecule has 14 heavy (non-hydrogen) atoms. The molecule has 0 aromatic heterocycles. The molecule has 1 amide bonds. The summed E-state index contributed by atoms with van der Waals surface area (Å²) in [4.78, 5) is 13.0. The third-order valence-corrected chi connectivity index (χ3v) is 1.93. The zero-order chi connectivity index (χ0) is 11.1. The molecule has 0 aliphatic carbocycles. The first-order valence-electron chi connectivity index (χ1n) is 4.53. The van der Waals surface area contributed by atoms with Gasteiger partial charge in [0.05, 0.1) is 6.04 Å². The van der Waals surface area contributed by atoms with Crippen LogP contribution in [0, 0.1) is 0 Å². The van der Waals surface area contributed by atoms with Crippen LogP contribution in [0.15, 0.2) is 0 Å². The molecule has 1 atom stereocenters. The van der Waals surface area contributed by atoms with E-state index >= 15 is 0 Å². The van der Waals surface area contributed by atoms with Crippen LogP contribution in [0.5, 0.6) is 0 Å². The second-order valence-electron chi connectivity index (χ2n) is 3.26. The van der Waals surface area contributed by atoms with Crippen molar-refractivity contribution in [3.8, 4) is 0 Å². The van der Waals surface area contributed by atoms with Gasteiger partial charge in [-0.25, -0.2) is 0 Å². The van der Waals surface area contributed by atoms with Gasteiger partial charge in [-0.3, -0.25) is 4.79 Å². The zero-order valence-corrected chi connectivity index (χ0v) is 9.53. The lowest BCUT2D eigenvalue weighted by Crippen LogP contribution is -2.44. The summed E-state index contributed by atoms with van der Waals surface area (Å²) in [7, 11) is 6.58. The molecule has 5 heteroatoms. The Kier molecular flexibility index (Phi) is 6.44. The van der Waals surface area contributed by atoms with Gasteiger partial charge in [-0.1, -0.05) is 0 Å². The number of amides is 1. The standard InChI is InChI=1S/C9H20N2O3/c1-7(9(12)11(2)3)10-6-8(13-4)14-5/h7-8,10H,6H2,1-5H3. The first kappa shape index (κ1) is 13.4. The van der Waals surface area contributed by atoms with E-state index in [9.17, 15) is 4.79 Å². The predicted molar refractivity (Wildman–Crippen MR) is 54.0 cm³/mol. The van der Waals surface area contributed by atoms with E-state index in [-0.39, 0.29) is 18.2 Å². The van der Waals surface area contributed by atoms with Crippen LogP contribution < -0.4 is 5.32 Å². The van der Waals surface area contributed by atoms with Crippen LogP contribution in [0.3, 0.4) is 0 Å². The van der Waals surface area contributed by atoms with E-state index in [1.165, 1.54) is 0 Å². The Morgan fingerprint density at radius 1 is 1.36 bits per heavy atom. The number of hydrogen-bond donors (Lipinski definition) is 1. The van der Waals surface area contributed by atoms with Gasteiger partial charge in [0.15, 0.2) is 6.29 Å². The monoisotopic (exact) mass is 204 g/mol. The van der Waals surface area contributed by atoms with Crippen molar-refractivity contribution in [1.82, 2.24) is 10.2 Å². The van der Waals surface area contributed by atoms with Crippen LogP contribution in [-0.4, -0.2) is 58.0 Å². The number of hydrogen-bond acceptors (Lipinski definition) is 4. The van der Waals surface area contributed by atoms with Crippen LogP contribution in [0.1, 0.15) is 6.92 Å². The van der Waals surface area contributed by atoms with Crippen molar-refractivity contribution in [3.63, 3.8) is 0 Å². The highest BCUT2D eigenvalue weighted by Gasteiger charge is 2.15. The number of methoxy groups -OCH3 is 2. The molecule has 5 nitrogen and oxygen atoms in total. The molecule has 0 fully saturated rings. The Morgan fingerprint density at radius 3 is 2.21 bits per heavy atom. The molecule has 0 aromatic rings. The van der Waals surface area contributed by atoms with Gasteiger partial charge in [0.2, 0.25) is 5.91 Å². The van der Waals surface area contributed by atoms with Crippen molar-refractivity contribution < 1.29 is 14.3 Å². The minimum Gasteiger partial charge on any atom is -0.355 e. The number of nitrogens with zero attached hydrogens (tertiary/aromatic N) is 1. The van der Waals surface area contributed by atoms with E-state index in [2.05, 4.69) is 5.32 Å². The number of ether oxygens (including phenoxy) is 2. The summed E-state index contributed by atoms with van der Waals surface area (Å²) in [6, 6.07) is -0.224. The van der Waals surface area contributed by atoms with Gasteiger partial charge in [-0.05, 0) is 6.92 Å². The van der Waals surface area contributed by atoms with Crippen LogP contribution >= 0.6 is 0 Å². The molecule has 0 saturated carbocycles. The lowest BCUT2D eigenvalue weighted by Gasteiger charge is -2.20. The van der Waals surface area contributed by atoms with Gasteiger partial charge in [0, 0.05) is 34.9 Å². The van der Waals surface area contributed by atoms with Crippen LogP contribution in [0.2, 0.25) is 0 Å². The average Bonchev–Trinajstić information content (AvgIpc) is 2.17. The fraction of sp³-hybridized carbons (Fsp3) is 0.889. The van der Waals surface area contributed by atoms with Crippen molar-refractivity contribution in [1.29, 1.82) is 0 Å². The fourth-order valence-electron chi connectivity index (χ4n) is 1.01. The summed E-state index contributed by atoms with van der Waals surface area (Å²) in [6.07, 6.45) is -0.313. The van der Waals surface area contributed by atoms with E-state index < -0.39 is 0 Å². The second kappa shape index (κ2) is 6.75. The third kappa shape index (κ3) is 4.55. The molecule has 0 bridgehead atoms. The highest BCUT2D eigenvalue weighted by atomic mass is 16.7. The molecular weight excluding hydrogens is 184 g/mol. The summed E-state index contributed by atoms with van der Waals surface area (Å²) >= 11 is 0. The minimum absolute atomic E-state index is 0.0379. The average molecular weight is 204 g/mol. The molecule has 0 spiro atoms. The molecule has 0 aromatic carbocycles. The molecule has 1 N–H and O–H groups in total. The summed E-state index contributed by atoms with van der Waals surface area (Å²) in [5.41, 5.74) is 0. The summed E-state index contributed by atoms with van der Waals surface area (Å²) in [5, 5.41) is 3.02.